The third kappa shape index (κ3) is 2.05. The van der Waals surface area contributed by atoms with E-state index in [1.54, 1.807) is 6.20 Å². The van der Waals surface area contributed by atoms with Crippen molar-refractivity contribution in [3.8, 4) is 0 Å². The topological polar surface area (TPSA) is 88.3 Å². The first-order valence-corrected chi connectivity index (χ1v) is 7.29. The number of hydrogen-bond acceptors (Lipinski definition) is 4. The van der Waals surface area contributed by atoms with Gasteiger partial charge in [-0.25, -0.2) is 4.79 Å². The number of carbonyl (C=O) groups excluding carboxylic acids is 2. The summed E-state index contributed by atoms with van der Waals surface area (Å²) in [6.45, 7) is 3.94. The van der Waals surface area contributed by atoms with Crippen LogP contribution in [0.1, 0.15) is 42.5 Å². The number of aromatic nitrogens is 1. The Balaban J connectivity index is 1.87. The molecule has 3 rings (SSSR count). The Hall–Kier alpha value is -2.11. The number of aryl methyl sites for hydroxylation is 1. The molecule has 1 aromatic rings. The zero-order valence-corrected chi connectivity index (χ0v) is 12.4. The van der Waals surface area contributed by atoms with Crippen LogP contribution < -0.4 is 11.1 Å². The number of carbonyl (C=O) groups is 2. The van der Waals surface area contributed by atoms with Crippen molar-refractivity contribution in [2.24, 2.45) is 0 Å². The molecule has 0 atom stereocenters. The first-order chi connectivity index (χ1) is 9.94. The molecule has 0 unspecified atom stereocenters. The summed E-state index contributed by atoms with van der Waals surface area (Å²) in [6, 6.07) is -0.317. The lowest BCUT2D eigenvalue weighted by atomic mass is 9.98. The maximum Gasteiger partial charge on any atom is 0.325 e. The van der Waals surface area contributed by atoms with E-state index >= 15 is 0 Å². The zero-order chi connectivity index (χ0) is 15.2. The maximum absolute atomic E-state index is 12.6. The van der Waals surface area contributed by atoms with Crippen LogP contribution in [0.25, 0.3) is 0 Å². The molecule has 1 saturated heterocycles. The normalized spacial score (nSPS) is 20.4. The van der Waals surface area contributed by atoms with Gasteiger partial charge in [0.2, 0.25) is 0 Å². The lowest BCUT2D eigenvalue weighted by Crippen LogP contribution is -2.44. The van der Waals surface area contributed by atoms with Crippen LogP contribution in [0.4, 0.5) is 10.5 Å². The van der Waals surface area contributed by atoms with Crippen LogP contribution in [0.5, 0.6) is 0 Å². The Kier molecular flexibility index (Phi) is 3.11. The summed E-state index contributed by atoms with van der Waals surface area (Å²) < 4.78 is 0. The Morgan fingerprint density at radius 2 is 2.00 bits per heavy atom. The van der Waals surface area contributed by atoms with Gasteiger partial charge in [-0.3, -0.25) is 14.7 Å². The van der Waals surface area contributed by atoms with Gasteiger partial charge in [0.05, 0.1) is 12.2 Å². The number of nitrogens with two attached hydrogens (primary N) is 1. The number of hydrogen-bond donors (Lipinski definition) is 2. The van der Waals surface area contributed by atoms with E-state index < -0.39 is 5.54 Å². The average molecular weight is 288 g/mol. The maximum atomic E-state index is 12.6. The molecule has 3 amide bonds. The molecule has 1 aliphatic carbocycles. The van der Waals surface area contributed by atoms with Crippen molar-refractivity contribution in [1.29, 1.82) is 0 Å². The van der Waals surface area contributed by atoms with Crippen molar-refractivity contribution in [3.05, 3.63) is 23.0 Å². The highest BCUT2D eigenvalue weighted by molar-refractivity contribution is 6.07. The number of nitrogens with one attached hydrogen (secondary N) is 1. The van der Waals surface area contributed by atoms with Gasteiger partial charge in [-0.15, -0.1) is 0 Å². The highest BCUT2D eigenvalue weighted by Crippen LogP contribution is 2.35. The van der Waals surface area contributed by atoms with Crippen LogP contribution in [-0.4, -0.2) is 27.4 Å². The molecular weight excluding hydrogens is 268 g/mol. The predicted octanol–water partition coefficient (Wildman–Crippen LogP) is 1.65. The highest BCUT2D eigenvalue weighted by Gasteiger charge is 2.52. The summed E-state index contributed by atoms with van der Waals surface area (Å²) in [5, 5.41) is 2.87. The number of rotatable bonds is 2. The first kappa shape index (κ1) is 13.9. The highest BCUT2D eigenvalue weighted by atomic mass is 16.2. The second kappa shape index (κ2) is 4.72. The summed E-state index contributed by atoms with van der Waals surface area (Å²) in [6.07, 6.45) is 5.11. The van der Waals surface area contributed by atoms with Gasteiger partial charge in [-0.1, -0.05) is 12.8 Å². The van der Waals surface area contributed by atoms with Crippen LogP contribution in [-0.2, 0) is 11.3 Å². The van der Waals surface area contributed by atoms with Crippen molar-refractivity contribution in [2.45, 2.75) is 51.6 Å². The van der Waals surface area contributed by atoms with E-state index in [-0.39, 0.29) is 18.5 Å². The SMILES string of the molecule is Cc1cnc(CN2C(=O)NC3(CCCC3)C2=O)c(C)c1N. The Bertz CT molecular complexity index is 620. The van der Waals surface area contributed by atoms with Crippen LogP contribution in [0.3, 0.4) is 0 Å². The number of nitrogens with zero attached hydrogens (tertiary/aromatic N) is 2. The lowest BCUT2D eigenvalue weighted by Gasteiger charge is -2.20. The minimum atomic E-state index is -0.665. The average Bonchev–Trinajstić information content (AvgIpc) is 3.00. The van der Waals surface area contributed by atoms with E-state index in [0.717, 1.165) is 36.8 Å². The third-order valence-electron chi connectivity index (χ3n) is 4.69. The van der Waals surface area contributed by atoms with E-state index in [1.807, 2.05) is 13.8 Å². The van der Waals surface area contributed by atoms with Gasteiger partial charge in [0.15, 0.2) is 0 Å². The van der Waals surface area contributed by atoms with Crippen molar-refractivity contribution in [3.63, 3.8) is 0 Å². The molecule has 0 bridgehead atoms. The van der Waals surface area contributed by atoms with E-state index in [1.165, 1.54) is 4.90 Å². The van der Waals surface area contributed by atoms with Crippen LogP contribution >= 0.6 is 0 Å². The molecule has 3 N–H and O–H groups in total. The van der Waals surface area contributed by atoms with E-state index in [4.69, 9.17) is 5.73 Å². The molecule has 112 valence electrons. The van der Waals surface area contributed by atoms with Gasteiger partial charge in [0.1, 0.15) is 5.54 Å². The van der Waals surface area contributed by atoms with Crippen LogP contribution in [0.15, 0.2) is 6.20 Å². The van der Waals surface area contributed by atoms with Gasteiger partial charge in [0.25, 0.3) is 5.91 Å². The molecule has 1 spiro atoms. The summed E-state index contributed by atoms with van der Waals surface area (Å²) in [5.74, 6) is -0.120. The van der Waals surface area contributed by atoms with Crippen LogP contribution in [0, 0.1) is 13.8 Å². The Morgan fingerprint density at radius 1 is 1.33 bits per heavy atom. The second-order valence-electron chi connectivity index (χ2n) is 6.04. The van der Waals surface area contributed by atoms with Gasteiger partial charge in [-0.2, -0.15) is 0 Å². The van der Waals surface area contributed by atoms with Gasteiger partial charge in [-0.05, 0) is 37.8 Å². The summed E-state index contributed by atoms with van der Waals surface area (Å²) in [7, 11) is 0. The van der Waals surface area contributed by atoms with E-state index in [9.17, 15) is 9.59 Å². The number of urea groups is 1. The largest absolute Gasteiger partial charge is 0.398 e. The van der Waals surface area contributed by atoms with Crippen molar-refractivity contribution < 1.29 is 9.59 Å². The van der Waals surface area contributed by atoms with Gasteiger partial charge >= 0.3 is 6.03 Å². The molecular formula is C15H20N4O2. The minimum absolute atomic E-state index is 0.120. The minimum Gasteiger partial charge on any atom is -0.398 e. The molecule has 0 aromatic carbocycles. The predicted molar refractivity (Wildman–Crippen MR) is 78.4 cm³/mol. The van der Waals surface area contributed by atoms with Gasteiger partial charge < -0.3 is 11.1 Å². The summed E-state index contributed by atoms with van der Waals surface area (Å²) >= 11 is 0. The lowest BCUT2D eigenvalue weighted by molar-refractivity contribution is -0.131. The number of pyridine rings is 1. The molecule has 6 heteroatoms. The molecule has 2 heterocycles. The fraction of sp³-hybridized carbons (Fsp3) is 0.533. The van der Waals surface area contributed by atoms with E-state index in [2.05, 4.69) is 10.3 Å². The molecule has 1 aliphatic heterocycles. The smallest absolute Gasteiger partial charge is 0.325 e. The Labute approximate surface area is 123 Å². The quantitative estimate of drug-likeness (QED) is 0.810. The molecule has 21 heavy (non-hydrogen) atoms. The molecule has 1 saturated carbocycles. The summed E-state index contributed by atoms with van der Waals surface area (Å²) in [5.41, 5.74) is 8.42. The third-order valence-corrected chi connectivity index (χ3v) is 4.69. The fourth-order valence-corrected chi connectivity index (χ4v) is 3.24. The molecule has 6 nitrogen and oxygen atoms in total. The van der Waals surface area contributed by atoms with Crippen molar-refractivity contribution in [2.75, 3.05) is 5.73 Å². The Morgan fingerprint density at radius 3 is 2.67 bits per heavy atom. The molecule has 0 radical (unpaired) electrons. The van der Waals surface area contributed by atoms with Crippen molar-refractivity contribution in [1.82, 2.24) is 15.2 Å². The number of imide groups is 1. The molecule has 1 aromatic heterocycles. The van der Waals surface area contributed by atoms with Crippen molar-refractivity contribution >= 4 is 17.6 Å². The summed E-state index contributed by atoms with van der Waals surface area (Å²) in [4.78, 5) is 30.3. The number of anilines is 1. The van der Waals surface area contributed by atoms with E-state index in [0.29, 0.717) is 11.4 Å². The number of amides is 3. The fourth-order valence-electron chi connectivity index (χ4n) is 3.24. The second-order valence-corrected chi connectivity index (χ2v) is 6.04. The first-order valence-electron chi connectivity index (χ1n) is 7.29. The number of nitrogen functional groups attached to an aromatic ring is 1. The monoisotopic (exact) mass is 288 g/mol. The molecule has 2 aliphatic rings. The molecule has 2 fully saturated rings. The van der Waals surface area contributed by atoms with Gasteiger partial charge in [0, 0.05) is 11.9 Å². The van der Waals surface area contributed by atoms with Crippen LogP contribution in [0.2, 0.25) is 0 Å². The zero-order valence-electron chi connectivity index (χ0n) is 12.4. The standard InChI is InChI=1S/C15H20N4O2/c1-9-7-17-11(10(2)12(9)16)8-19-13(20)15(18-14(19)21)5-3-4-6-15/h7H,3-6,8H2,1-2H3,(H2,16,17)(H,18,21).